The monoisotopic (exact) mass is 210 g/mol. The zero-order valence-electron chi connectivity index (χ0n) is 9.46. The van der Waals surface area contributed by atoms with E-state index in [9.17, 15) is 4.39 Å². The van der Waals surface area contributed by atoms with Gasteiger partial charge in [0.05, 0.1) is 0 Å². The molecule has 0 bridgehead atoms. The molecule has 15 heavy (non-hydrogen) atoms. The topological polar surface area (TPSA) is 15.3 Å². The molecule has 0 saturated carbocycles. The first-order chi connectivity index (χ1) is 7.24. The number of anilines is 1. The van der Waals surface area contributed by atoms with Crippen LogP contribution in [-0.4, -0.2) is 26.7 Å². The first-order valence-electron chi connectivity index (χ1n) is 5.41. The lowest BCUT2D eigenvalue weighted by atomic mass is 10.2. The summed E-state index contributed by atoms with van der Waals surface area (Å²) in [6.45, 7) is 5.05. The highest BCUT2D eigenvalue weighted by molar-refractivity contribution is 5.45. The summed E-state index contributed by atoms with van der Waals surface area (Å²) in [5.41, 5.74) is 0.937. The van der Waals surface area contributed by atoms with Crippen LogP contribution in [0.3, 0.4) is 0 Å². The molecule has 84 valence electrons. The molecule has 0 fully saturated rings. The second-order valence-electron chi connectivity index (χ2n) is 3.61. The van der Waals surface area contributed by atoms with Gasteiger partial charge < -0.3 is 10.2 Å². The predicted octanol–water partition coefficient (Wildman–Crippen LogP) is 2.26. The summed E-state index contributed by atoms with van der Waals surface area (Å²) in [7, 11) is 1.99. The van der Waals surface area contributed by atoms with E-state index in [1.165, 1.54) is 6.07 Å². The number of benzene rings is 1. The minimum Gasteiger partial charge on any atom is -0.374 e. The normalized spacial score (nSPS) is 10.3. The Bertz CT molecular complexity index is 289. The molecule has 0 aliphatic carbocycles. The SMILES string of the molecule is CCNCCCN(C)c1cccc(F)c1. The Morgan fingerprint density at radius 2 is 2.20 bits per heavy atom. The Kier molecular flexibility index (Phi) is 5.12. The van der Waals surface area contributed by atoms with Crippen LogP contribution in [0.2, 0.25) is 0 Å². The molecule has 0 saturated heterocycles. The molecule has 0 aromatic heterocycles. The van der Waals surface area contributed by atoms with Crippen LogP contribution < -0.4 is 10.2 Å². The van der Waals surface area contributed by atoms with Crippen molar-refractivity contribution in [1.29, 1.82) is 0 Å². The molecule has 0 radical (unpaired) electrons. The van der Waals surface area contributed by atoms with E-state index in [2.05, 4.69) is 17.1 Å². The molecule has 1 aromatic carbocycles. The highest BCUT2D eigenvalue weighted by Crippen LogP contribution is 2.13. The summed E-state index contributed by atoms with van der Waals surface area (Å²) in [4.78, 5) is 2.07. The van der Waals surface area contributed by atoms with Crippen LogP contribution in [0.5, 0.6) is 0 Å². The van der Waals surface area contributed by atoms with Crippen LogP contribution in [0.1, 0.15) is 13.3 Å². The summed E-state index contributed by atoms with van der Waals surface area (Å²) in [6.07, 6.45) is 1.07. The minimum atomic E-state index is -0.175. The van der Waals surface area contributed by atoms with Gasteiger partial charge in [-0.05, 0) is 37.7 Å². The van der Waals surface area contributed by atoms with Crippen LogP contribution in [0.15, 0.2) is 24.3 Å². The van der Waals surface area contributed by atoms with E-state index in [1.807, 2.05) is 13.1 Å². The first-order valence-corrected chi connectivity index (χ1v) is 5.41. The lowest BCUT2D eigenvalue weighted by Crippen LogP contribution is -2.23. The molecule has 1 aromatic rings. The van der Waals surface area contributed by atoms with E-state index in [1.54, 1.807) is 12.1 Å². The summed E-state index contributed by atoms with van der Waals surface area (Å²) in [6, 6.07) is 6.70. The molecule has 0 aliphatic rings. The van der Waals surface area contributed by atoms with Crippen molar-refractivity contribution in [2.75, 3.05) is 31.6 Å². The van der Waals surface area contributed by atoms with E-state index in [0.29, 0.717) is 0 Å². The maximum atomic E-state index is 12.9. The largest absolute Gasteiger partial charge is 0.374 e. The smallest absolute Gasteiger partial charge is 0.125 e. The van der Waals surface area contributed by atoms with Gasteiger partial charge in [0, 0.05) is 19.3 Å². The molecule has 2 nitrogen and oxygen atoms in total. The third-order valence-corrected chi connectivity index (χ3v) is 2.35. The second kappa shape index (κ2) is 6.40. The standard InChI is InChI=1S/C12H19FN2/c1-3-14-8-5-9-15(2)12-7-4-6-11(13)10-12/h4,6-7,10,14H,3,5,8-9H2,1-2H3. The molecule has 0 aliphatic heterocycles. The molecule has 0 atom stereocenters. The molecule has 1 rings (SSSR count). The first kappa shape index (κ1) is 12.0. The van der Waals surface area contributed by atoms with Crippen molar-refractivity contribution in [2.45, 2.75) is 13.3 Å². The molecular formula is C12H19FN2. The van der Waals surface area contributed by atoms with E-state index in [4.69, 9.17) is 0 Å². The van der Waals surface area contributed by atoms with Gasteiger partial charge >= 0.3 is 0 Å². The fourth-order valence-corrected chi connectivity index (χ4v) is 1.46. The van der Waals surface area contributed by atoms with Gasteiger partial charge in [-0.25, -0.2) is 4.39 Å². The van der Waals surface area contributed by atoms with Crippen molar-refractivity contribution in [3.05, 3.63) is 30.1 Å². The number of rotatable bonds is 6. The summed E-state index contributed by atoms with van der Waals surface area (Å²) >= 11 is 0. The Hall–Kier alpha value is -1.09. The van der Waals surface area contributed by atoms with Gasteiger partial charge in [0.2, 0.25) is 0 Å². The quantitative estimate of drug-likeness (QED) is 0.724. The van der Waals surface area contributed by atoms with Crippen LogP contribution in [-0.2, 0) is 0 Å². The van der Waals surface area contributed by atoms with Crippen molar-refractivity contribution in [2.24, 2.45) is 0 Å². The Labute approximate surface area is 91.1 Å². The summed E-state index contributed by atoms with van der Waals surface area (Å²) in [5, 5.41) is 3.27. The zero-order valence-corrected chi connectivity index (χ0v) is 9.46. The van der Waals surface area contributed by atoms with Crippen LogP contribution in [0.4, 0.5) is 10.1 Å². The van der Waals surface area contributed by atoms with Gasteiger partial charge in [-0.2, -0.15) is 0 Å². The fourth-order valence-electron chi connectivity index (χ4n) is 1.46. The molecule has 0 heterocycles. The van der Waals surface area contributed by atoms with E-state index < -0.39 is 0 Å². The molecule has 1 N–H and O–H groups in total. The van der Waals surface area contributed by atoms with E-state index in [0.717, 1.165) is 31.7 Å². The lowest BCUT2D eigenvalue weighted by Gasteiger charge is -2.19. The zero-order chi connectivity index (χ0) is 11.1. The molecule has 0 unspecified atom stereocenters. The Morgan fingerprint density at radius 3 is 2.87 bits per heavy atom. The highest BCUT2D eigenvalue weighted by atomic mass is 19.1. The van der Waals surface area contributed by atoms with Crippen molar-refractivity contribution >= 4 is 5.69 Å². The minimum absolute atomic E-state index is 0.175. The Morgan fingerprint density at radius 1 is 1.40 bits per heavy atom. The van der Waals surface area contributed by atoms with Crippen molar-refractivity contribution in [3.63, 3.8) is 0 Å². The average Bonchev–Trinajstić information content (AvgIpc) is 2.24. The number of hydrogen-bond acceptors (Lipinski definition) is 2. The van der Waals surface area contributed by atoms with Gasteiger partial charge in [0.15, 0.2) is 0 Å². The average molecular weight is 210 g/mol. The fraction of sp³-hybridized carbons (Fsp3) is 0.500. The summed E-state index contributed by atoms with van der Waals surface area (Å²) < 4.78 is 12.9. The third kappa shape index (κ3) is 4.30. The third-order valence-electron chi connectivity index (χ3n) is 2.35. The second-order valence-corrected chi connectivity index (χ2v) is 3.61. The van der Waals surface area contributed by atoms with Gasteiger partial charge in [-0.15, -0.1) is 0 Å². The van der Waals surface area contributed by atoms with Crippen molar-refractivity contribution < 1.29 is 4.39 Å². The van der Waals surface area contributed by atoms with E-state index in [-0.39, 0.29) is 5.82 Å². The molecule has 3 heteroatoms. The predicted molar refractivity (Wildman–Crippen MR) is 62.8 cm³/mol. The maximum Gasteiger partial charge on any atom is 0.125 e. The molecular weight excluding hydrogens is 191 g/mol. The van der Waals surface area contributed by atoms with Crippen LogP contribution >= 0.6 is 0 Å². The van der Waals surface area contributed by atoms with Gasteiger partial charge in [0.1, 0.15) is 5.82 Å². The van der Waals surface area contributed by atoms with Crippen molar-refractivity contribution in [1.82, 2.24) is 5.32 Å². The van der Waals surface area contributed by atoms with Gasteiger partial charge in [0.25, 0.3) is 0 Å². The lowest BCUT2D eigenvalue weighted by molar-refractivity contribution is 0.626. The van der Waals surface area contributed by atoms with E-state index >= 15 is 0 Å². The number of hydrogen-bond donors (Lipinski definition) is 1. The maximum absolute atomic E-state index is 12.9. The van der Waals surface area contributed by atoms with Gasteiger partial charge in [-0.1, -0.05) is 13.0 Å². The van der Waals surface area contributed by atoms with Crippen LogP contribution in [0.25, 0.3) is 0 Å². The molecule has 0 spiro atoms. The Balaban J connectivity index is 2.36. The number of nitrogens with zero attached hydrogens (tertiary/aromatic N) is 1. The highest BCUT2D eigenvalue weighted by Gasteiger charge is 2.00. The van der Waals surface area contributed by atoms with Crippen LogP contribution in [0, 0.1) is 5.82 Å². The number of nitrogens with one attached hydrogen (secondary N) is 1. The van der Waals surface area contributed by atoms with Gasteiger partial charge in [-0.3, -0.25) is 0 Å². The number of halogens is 1. The van der Waals surface area contributed by atoms with Crippen molar-refractivity contribution in [3.8, 4) is 0 Å². The summed E-state index contributed by atoms with van der Waals surface area (Å²) in [5.74, 6) is -0.175. The molecule has 0 amide bonds.